The molecule has 0 spiro atoms. The lowest BCUT2D eigenvalue weighted by Crippen LogP contribution is -2.14. The van der Waals surface area contributed by atoms with E-state index in [2.05, 4.69) is 5.43 Å². The van der Waals surface area contributed by atoms with Crippen molar-refractivity contribution >= 4 is 0 Å². The fraction of sp³-hybridized carbons (Fsp3) is 0.333. The molecule has 3 nitrogen and oxygen atoms in total. The molecule has 0 aromatic heterocycles. The highest BCUT2D eigenvalue weighted by molar-refractivity contribution is 5.09. The highest BCUT2D eigenvalue weighted by atomic mass is 16.5. The molecule has 0 atom stereocenters. The third-order valence-electron chi connectivity index (χ3n) is 0.792. The van der Waals surface area contributed by atoms with Crippen molar-refractivity contribution in [1.82, 2.24) is 5.43 Å². The van der Waals surface area contributed by atoms with Gasteiger partial charge in [-0.25, -0.2) is 0 Å². The van der Waals surface area contributed by atoms with E-state index in [4.69, 9.17) is 10.6 Å². The standard InChI is InChI=1S/C6H12N2O/c1-3-4-6(9-2)5-8-7/h3-5,8H,7H2,1-2H3/b4-3-,6-5+. The molecule has 9 heavy (non-hydrogen) atoms. The molecule has 0 saturated heterocycles. The van der Waals surface area contributed by atoms with Crippen LogP contribution in [0.5, 0.6) is 0 Å². The van der Waals surface area contributed by atoms with Crippen LogP contribution >= 0.6 is 0 Å². The molecule has 0 aliphatic heterocycles. The molecule has 0 aromatic carbocycles. The first kappa shape index (κ1) is 8.04. The average molecular weight is 128 g/mol. The molecule has 0 unspecified atom stereocenters. The fourth-order valence-electron chi connectivity index (χ4n) is 0.421. The summed E-state index contributed by atoms with van der Waals surface area (Å²) in [6.45, 7) is 1.91. The Morgan fingerprint density at radius 1 is 1.67 bits per heavy atom. The first-order chi connectivity index (χ1) is 4.35. The fourth-order valence-corrected chi connectivity index (χ4v) is 0.421. The zero-order valence-corrected chi connectivity index (χ0v) is 5.72. The smallest absolute Gasteiger partial charge is 0.135 e. The van der Waals surface area contributed by atoms with E-state index in [-0.39, 0.29) is 0 Å². The summed E-state index contributed by atoms with van der Waals surface area (Å²) in [6.07, 6.45) is 5.24. The van der Waals surface area contributed by atoms with Crippen molar-refractivity contribution in [2.75, 3.05) is 7.11 Å². The van der Waals surface area contributed by atoms with Crippen LogP contribution < -0.4 is 11.3 Å². The Kier molecular flexibility index (Phi) is 4.63. The molecule has 0 fully saturated rings. The van der Waals surface area contributed by atoms with Crippen molar-refractivity contribution in [2.24, 2.45) is 5.84 Å². The molecule has 52 valence electrons. The molecule has 0 heterocycles. The summed E-state index contributed by atoms with van der Waals surface area (Å²) in [5, 5.41) is 0. The number of ether oxygens (including phenoxy) is 1. The number of allylic oxidation sites excluding steroid dienone is 2. The highest BCUT2D eigenvalue weighted by Gasteiger charge is 1.82. The van der Waals surface area contributed by atoms with Gasteiger partial charge in [0.05, 0.1) is 13.3 Å². The summed E-state index contributed by atoms with van der Waals surface area (Å²) >= 11 is 0. The zero-order chi connectivity index (χ0) is 7.11. The van der Waals surface area contributed by atoms with Crippen LogP contribution in [0.25, 0.3) is 0 Å². The monoisotopic (exact) mass is 128 g/mol. The van der Waals surface area contributed by atoms with Crippen LogP contribution in [0, 0.1) is 0 Å². The predicted octanol–water partition coefficient (Wildman–Crippen LogP) is 0.514. The number of nitrogens with two attached hydrogens (primary N) is 1. The number of hydrogen-bond donors (Lipinski definition) is 2. The van der Waals surface area contributed by atoms with E-state index in [0.717, 1.165) is 0 Å². The van der Waals surface area contributed by atoms with Crippen molar-refractivity contribution in [3.63, 3.8) is 0 Å². The summed E-state index contributed by atoms with van der Waals surface area (Å²) in [7, 11) is 1.59. The normalized spacial score (nSPS) is 12.1. The third-order valence-corrected chi connectivity index (χ3v) is 0.792. The molecule has 0 saturated carbocycles. The van der Waals surface area contributed by atoms with E-state index in [1.807, 2.05) is 13.0 Å². The Bertz CT molecular complexity index is 118. The number of methoxy groups -OCH3 is 1. The topological polar surface area (TPSA) is 47.3 Å². The van der Waals surface area contributed by atoms with Gasteiger partial charge in [0.1, 0.15) is 5.76 Å². The van der Waals surface area contributed by atoms with Crippen molar-refractivity contribution in [3.8, 4) is 0 Å². The molecule has 0 aliphatic rings. The lowest BCUT2D eigenvalue weighted by molar-refractivity contribution is 0.304. The summed E-state index contributed by atoms with van der Waals surface area (Å²) < 4.78 is 4.86. The van der Waals surface area contributed by atoms with Crippen LogP contribution in [0.4, 0.5) is 0 Å². The van der Waals surface area contributed by atoms with E-state index in [0.29, 0.717) is 5.76 Å². The lowest BCUT2D eigenvalue weighted by atomic mass is 10.4. The van der Waals surface area contributed by atoms with Gasteiger partial charge < -0.3 is 10.2 Å². The van der Waals surface area contributed by atoms with Gasteiger partial charge in [-0.15, -0.1) is 0 Å². The van der Waals surface area contributed by atoms with Crippen LogP contribution in [0.3, 0.4) is 0 Å². The van der Waals surface area contributed by atoms with Gasteiger partial charge in [-0.2, -0.15) is 0 Å². The lowest BCUT2D eigenvalue weighted by Gasteiger charge is -1.97. The predicted molar refractivity (Wildman–Crippen MR) is 37.2 cm³/mol. The van der Waals surface area contributed by atoms with E-state index in [1.165, 1.54) is 0 Å². The highest BCUT2D eigenvalue weighted by Crippen LogP contribution is 1.93. The van der Waals surface area contributed by atoms with Crippen LogP contribution in [-0.2, 0) is 4.74 Å². The molecule has 3 heteroatoms. The summed E-state index contributed by atoms with van der Waals surface area (Å²) in [5.74, 6) is 5.70. The second-order valence-electron chi connectivity index (χ2n) is 1.42. The van der Waals surface area contributed by atoms with Crippen molar-refractivity contribution in [3.05, 3.63) is 24.1 Å². The maximum absolute atomic E-state index is 4.99. The largest absolute Gasteiger partial charge is 0.495 e. The minimum Gasteiger partial charge on any atom is -0.495 e. The number of hydrogen-bond acceptors (Lipinski definition) is 3. The Hall–Kier alpha value is -0.960. The Morgan fingerprint density at radius 2 is 2.33 bits per heavy atom. The summed E-state index contributed by atoms with van der Waals surface area (Å²) in [5.41, 5.74) is 2.37. The average Bonchev–Trinajstić information content (AvgIpc) is 1.88. The SMILES string of the molecule is C/C=C\C(=C/NN)OC. The van der Waals surface area contributed by atoms with Crippen molar-refractivity contribution in [2.45, 2.75) is 6.92 Å². The van der Waals surface area contributed by atoms with Crippen LogP contribution in [0.15, 0.2) is 24.1 Å². The summed E-state index contributed by atoms with van der Waals surface area (Å²) in [6, 6.07) is 0. The molecule has 3 N–H and O–H groups in total. The van der Waals surface area contributed by atoms with Gasteiger partial charge in [-0.3, -0.25) is 5.84 Å². The van der Waals surface area contributed by atoms with Crippen LogP contribution in [0.2, 0.25) is 0 Å². The van der Waals surface area contributed by atoms with E-state index in [1.54, 1.807) is 19.4 Å². The summed E-state index contributed by atoms with van der Waals surface area (Å²) in [4.78, 5) is 0. The van der Waals surface area contributed by atoms with Gasteiger partial charge in [-0.1, -0.05) is 6.08 Å². The van der Waals surface area contributed by atoms with Crippen LogP contribution in [-0.4, -0.2) is 7.11 Å². The van der Waals surface area contributed by atoms with E-state index in [9.17, 15) is 0 Å². The first-order valence-electron chi connectivity index (χ1n) is 2.68. The number of nitrogens with one attached hydrogen (secondary N) is 1. The van der Waals surface area contributed by atoms with Gasteiger partial charge in [0.2, 0.25) is 0 Å². The van der Waals surface area contributed by atoms with Gasteiger partial charge in [0.25, 0.3) is 0 Å². The van der Waals surface area contributed by atoms with Gasteiger partial charge in [-0.05, 0) is 13.0 Å². The Balaban J connectivity index is 3.81. The maximum Gasteiger partial charge on any atom is 0.135 e. The molecule has 0 radical (unpaired) electrons. The molecule has 0 amide bonds. The Morgan fingerprint density at radius 3 is 2.67 bits per heavy atom. The molecule has 0 aromatic rings. The van der Waals surface area contributed by atoms with E-state index >= 15 is 0 Å². The van der Waals surface area contributed by atoms with Crippen molar-refractivity contribution < 1.29 is 4.74 Å². The maximum atomic E-state index is 4.99. The molecule has 0 aliphatic carbocycles. The minimum atomic E-state index is 0.708. The first-order valence-corrected chi connectivity index (χ1v) is 2.68. The third kappa shape index (κ3) is 3.61. The number of hydrazine groups is 1. The Labute approximate surface area is 55.2 Å². The second-order valence-corrected chi connectivity index (χ2v) is 1.42. The molecular formula is C6H12N2O. The zero-order valence-electron chi connectivity index (χ0n) is 5.72. The quantitative estimate of drug-likeness (QED) is 0.252. The van der Waals surface area contributed by atoms with E-state index < -0.39 is 0 Å². The molecular weight excluding hydrogens is 116 g/mol. The second kappa shape index (κ2) is 5.18. The minimum absolute atomic E-state index is 0.708. The number of rotatable bonds is 3. The van der Waals surface area contributed by atoms with Crippen molar-refractivity contribution in [1.29, 1.82) is 0 Å². The van der Waals surface area contributed by atoms with Gasteiger partial charge in [0.15, 0.2) is 0 Å². The molecule has 0 rings (SSSR count). The van der Waals surface area contributed by atoms with Crippen LogP contribution in [0.1, 0.15) is 6.92 Å². The molecule has 0 bridgehead atoms. The van der Waals surface area contributed by atoms with Gasteiger partial charge in [0, 0.05) is 0 Å². The van der Waals surface area contributed by atoms with Gasteiger partial charge >= 0.3 is 0 Å².